The van der Waals surface area contributed by atoms with Crippen molar-refractivity contribution >= 4 is 11.3 Å². The molecule has 0 aromatic carbocycles. The maximum Gasteiger partial charge on any atom is 0.110 e. The molecule has 92 valence electrons. The van der Waals surface area contributed by atoms with Crippen LogP contribution in [0.3, 0.4) is 0 Å². The van der Waals surface area contributed by atoms with E-state index in [9.17, 15) is 0 Å². The van der Waals surface area contributed by atoms with E-state index >= 15 is 0 Å². The van der Waals surface area contributed by atoms with Gasteiger partial charge in [-0.1, -0.05) is 6.92 Å². The van der Waals surface area contributed by atoms with Crippen molar-refractivity contribution in [2.45, 2.75) is 52.1 Å². The van der Waals surface area contributed by atoms with Crippen LogP contribution in [0.4, 0.5) is 0 Å². The van der Waals surface area contributed by atoms with Crippen LogP contribution in [0.1, 0.15) is 49.9 Å². The number of aryl methyl sites for hydroxylation is 1. The maximum absolute atomic E-state index is 8.79. The predicted molar refractivity (Wildman–Crippen MR) is 68.8 cm³/mol. The molecule has 2 unspecified atom stereocenters. The quantitative estimate of drug-likeness (QED) is 0.772. The van der Waals surface area contributed by atoms with Gasteiger partial charge in [-0.15, -0.1) is 11.3 Å². The highest BCUT2D eigenvalue weighted by Crippen LogP contribution is 2.21. The Labute approximate surface area is 102 Å². The van der Waals surface area contributed by atoms with Crippen LogP contribution in [0, 0.1) is 6.92 Å². The summed E-state index contributed by atoms with van der Waals surface area (Å²) in [6, 6.07) is 0.786. The van der Waals surface area contributed by atoms with Crippen LogP contribution in [-0.2, 0) is 0 Å². The van der Waals surface area contributed by atoms with E-state index in [-0.39, 0.29) is 6.61 Å². The fourth-order valence-corrected chi connectivity index (χ4v) is 2.66. The van der Waals surface area contributed by atoms with Crippen LogP contribution < -0.4 is 5.32 Å². The molecule has 0 spiro atoms. The fourth-order valence-electron chi connectivity index (χ4n) is 1.72. The second-order valence-electron chi connectivity index (χ2n) is 4.22. The van der Waals surface area contributed by atoms with E-state index in [1.54, 1.807) is 11.3 Å². The average Bonchev–Trinajstić information content (AvgIpc) is 2.69. The number of thiazole rings is 1. The first kappa shape index (κ1) is 13.6. The van der Waals surface area contributed by atoms with Gasteiger partial charge in [0.15, 0.2) is 0 Å². The minimum Gasteiger partial charge on any atom is -0.396 e. The molecule has 1 aromatic heterocycles. The zero-order valence-electron chi connectivity index (χ0n) is 10.4. The lowest BCUT2D eigenvalue weighted by Gasteiger charge is -2.20. The highest BCUT2D eigenvalue weighted by Gasteiger charge is 2.15. The maximum atomic E-state index is 8.79. The summed E-state index contributed by atoms with van der Waals surface area (Å²) >= 11 is 1.73. The van der Waals surface area contributed by atoms with Crippen LogP contribution >= 0.6 is 11.3 Å². The number of hydrogen-bond donors (Lipinski definition) is 2. The van der Waals surface area contributed by atoms with Crippen molar-refractivity contribution in [3.05, 3.63) is 16.1 Å². The van der Waals surface area contributed by atoms with Crippen molar-refractivity contribution < 1.29 is 5.11 Å². The lowest BCUT2D eigenvalue weighted by atomic mass is 10.1. The molecule has 0 aliphatic rings. The third kappa shape index (κ3) is 4.20. The fraction of sp³-hybridized carbons (Fsp3) is 0.750. The molecular weight excluding hydrogens is 220 g/mol. The Kier molecular flexibility index (Phi) is 5.95. The van der Waals surface area contributed by atoms with E-state index in [0.29, 0.717) is 12.1 Å². The number of aliphatic hydroxyl groups excluding tert-OH is 1. The van der Waals surface area contributed by atoms with Gasteiger partial charge >= 0.3 is 0 Å². The Morgan fingerprint density at radius 2 is 2.31 bits per heavy atom. The summed E-state index contributed by atoms with van der Waals surface area (Å²) in [5.74, 6) is 0. The normalized spacial score (nSPS) is 15.0. The first-order valence-corrected chi connectivity index (χ1v) is 6.84. The number of nitrogens with one attached hydrogen (secondary N) is 1. The number of nitrogens with zero attached hydrogens (tertiary/aromatic N) is 1. The van der Waals surface area contributed by atoms with Crippen molar-refractivity contribution in [3.8, 4) is 0 Å². The summed E-state index contributed by atoms with van der Waals surface area (Å²) in [6.07, 6.45) is 2.93. The molecule has 1 rings (SSSR count). The average molecular weight is 242 g/mol. The summed E-state index contributed by atoms with van der Waals surface area (Å²) in [4.78, 5) is 4.52. The van der Waals surface area contributed by atoms with Gasteiger partial charge in [0.05, 0.1) is 6.04 Å². The highest BCUT2D eigenvalue weighted by atomic mass is 32.1. The third-order valence-corrected chi connectivity index (χ3v) is 3.70. The van der Waals surface area contributed by atoms with Gasteiger partial charge in [-0.3, -0.25) is 0 Å². The molecule has 0 fully saturated rings. The molecule has 0 aliphatic heterocycles. The van der Waals surface area contributed by atoms with Crippen molar-refractivity contribution in [2.75, 3.05) is 6.61 Å². The van der Waals surface area contributed by atoms with E-state index in [0.717, 1.165) is 25.0 Å². The molecule has 0 amide bonds. The Balaban J connectivity index is 2.48. The minimum absolute atomic E-state index is 0.277. The lowest BCUT2D eigenvalue weighted by molar-refractivity contribution is 0.273. The monoisotopic (exact) mass is 242 g/mol. The number of hydrogen-bond acceptors (Lipinski definition) is 4. The highest BCUT2D eigenvalue weighted by molar-refractivity contribution is 7.09. The molecule has 0 saturated heterocycles. The molecule has 2 N–H and O–H groups in total. The van der Waals surface area contributed by atoms with Gasteiger partial charge in [-0.25, -0.2) is 4.98 Å². The van der Waals surface area contributed by atoms with Crippen LogP contribution in [0.15, 0.2) is 5.38 Å². The summed E-state index contributed by atoms with van der Waals surface area (Å²) < 4.78 is 0. The topological polar surface area (TPSA) is 45.1 Å². The number of aliphatic hydroxyl groups is 1. The van der Waals surface area contributed by atoms with Gasteiger partial charge in [0, 0.05) is 23.7 Å². The summed E-state index contributed by atoms with van der Waals surface area (Å²) in [7, 11) is 0. The van der Waals surface area contributed by atoms with Crippen LogP contribution in [0.25, 0.3) is 0 Å². The Hall–Kier alpha value is -0.450. The predicted octanol–water partition coefficient (Wildman–Crippen LogP) is 2.65. The molecule has 0 bridgehead atoms. The van der Waals surface area contributed by atoms with Gasteiger partial charge < -0.3 is 10.4 Å². The zero-order valence-corrected chi connectivity index (χ0v) is 11.2. The van der Waals surface area contributed by atoms with Crippen molar-refractivity contribution in [2.24, 2.45) is 0 Å². The van der Waals surface area contributed by atoms with Gasteiger partial charge in [0.1, 0.15) is 5.01 Å². The van der Waals surface area contributed by atoms with Crippen LogP contribution in [-0.4, -0.2) is 22.7 Å². The molecule has 4 heteroatoms. The minimum atomic E-state index is 0.277. The molecule has 1 aromatic rings. The van der Waals surface area contributed by atoms with Crippen LogP contribution in [0.5, 0.6) is 0 Å². The molecular formula is C12H22N2OS. The number of aromatic nitrogens is 1. The van der Waals surface area contributed by atoms with Gasteiger partial charge in [0.2, 0.25) is 0 Å². The molecule has 1 heterocycles. The first-order chi connectivity index (χ1) is 7.67. The van der Waals surface area contributed by atoms with E-state index < -0.39 is 0 Å². The molecule has 0 radical (unpaired) electrons. The molecule has 2 atom stereocenters. The van der Waals surface area contributed by atoms with Gasteiger partial charge in [-0.05, 0) is 33.1 Å². The third-order valence-electron chi connectivity index (χ3n) is 2.62. The van der Waals surface area contributed by atoms with Gasteiger partial charge in [-0.2, -0.15) is 0 Å². The van der Waals surface area contributed by atoms with E-state index in [1.165, 1.54) is 5.01 Å². The van der Waals surface area contributed by atoms with Crippen LogP contribution in [0.2, 0.25) is 0 Å². The Bertz CT molecular complexity index is 301. The van der Waals surface area contributed by atoms with E-state index in [1.807, 2.05) is 6.92 Å². The summed E-state index contributed by atoms with van der Waals surface area (Å²) in [5, 5.41) is 15.6. The largest absolute Gasteiger partial charge is 0.396 e. The molecule has 0 saturated carbocycles. The smallest absolute Gasteiger partial charge is 0.110 e. The Morgan fingerprint density at radius 1 is 1.56 bits per heavy atom. The van der Waals surface area contributed by atoms with Crippen molar-refractivity contribution in [1.82, 2.24) is 10.3 Å². The molecule has 3 nitrogen and oxygen atoms in total. The van der Waals surface area contributed by atoms with E-state index in [2.05, 4.69) is 29.5 Å². The van der Waals surface area contributed by atoms with Gasteiger partial charge in [0.25, 0.3) is 0 Å². The Morgan fingerprint density at radius 3 is 2.81 bits per heavy atom. The summed E-state index contributed by atoms with van der Waals surface area (Å²) in [5.41, 5.74) is 1.10. The van der Waals surface area contributed by atoms with Crippen molar-refractivity contribution in [1.29, 1.82) is 0 Å². The second kappa shape index (κ2) is 6.99. The second-order valence-corrected chi connectivity index (χ2v) is 5.11. The zero-order chi connectivity index (χ0) is 12.0. The standard InChI is InChI=1S/C12H22N2OS/c1-4-11(12-14-10(3)8-16-12)13-9(2)6-5-7-15/h8-9,11,13,15H,4-7H2,1-3H3. The SMILES string of the molecule is CCC(NC(C)CCCO)c1nc(C)cs1. The lowest BCUT2D eigenvalue weighted by Crippen LogP contribution is -2.30. The first-order valence-electron chi connectivity index (χ1n) is 5.96. The molecule has 16 heavy (non-hydrogen) atoms. The summed E-state index contributed by atoms with van der Waals surface area (Å²) in [6.45, 7) is 6.65. The number of rotatable bonds is 7. The molecule has 0 aliphatic carbocycles. The van der Waals surface area contributed by atoms with Crippen molar-refractivity contribution in [3.63, 3.8) is 0 Å². The van der Waals surface area contributed by atoms with E-state index in [4.69, 9.17) is 5.11 Å².